The summed E-state index contributed by atoms with van der Waals surface area (Å²) < 4.78 is 0. The van der Waals surface area contributed by atoms with Crippen molar-refractivity contribution in [2.45, 2.75) is 19.4 Å². The molecule has 0 bridgehead atoms. The molecule has 0 N–H and O–H groups in total. The average molecular weight is 187 g/mol. The fourth-order valence-electron chi connectivity index (χ4n) is 1.78. The van der Waals surface area contributed by atoms with E-state index in [1.165, 1.54) is 31.5 Å². The van der Waals surface area contributed by atoms with E-state index in [4.69, 9.17) is 5.26 Å². The third-order valence-electron chi connectivity index (χ3n) is 2.54. The summed E-state index contributed by atoms with van der Waals surface area (Å²) >= 11 is 0. The predicted molar refractivity (Wildman–Crippen MR) is 53.5 cm³/mol. The van der Waals surface area contributed by atoms with Gasteiger partial charge in [0.25, 0.3) is 0 Å². The van der Waals surface area contributed by atoms with Crippen LogP contribution in [0.25, 0.3) is 0 Å². The lowest BCUT2D eigenvalue weighted by Gasteiger charge is -2.13. The van der Waals surface area contributed by atoms with Gasteiger partial charge in [0, 0.05) is 12.7 Å². The molecular formula is C11H13N3. The third kappa shape index (κ3) is 2.09. The maximum atomic E-state index is 8.59. The molecule has 3 nitrogen and oxygen atoms in total. The highest BCUT2D eigenvalue weighted by atomic mass is 15.1. The van der Waals surface area contributed by atoms with E-state index in [0.717, 1.165) is 6.54 Å². The van der Waals surface area contributed by atoms with Crippen LogP contribution in [0.1, 0.15) is 24.1 Å². The van der Waals surface area contributed by atoms with E-state index in [1.807, 2.05) is 12.1 Å². The highest BCUT2D eigenvalue weighted by Crippen LogP contribution is 2.11. The fourth-order valence-corrected chi connectivity index (χ4v) is 1.78. The molecule has 72 valence electrons. The van der Waals surface area contributed by atoms with Gasteiger partial charge in [-0.05, 0) is 37.6 Å². The lowest BCUT2D eigenvalue weighted by atomic mass is 10.2. The first-order valence-electron chi connectivity index (χ1n) is 4.96. The summed E-state index contributed by atoms with van der Waals surface area (Å²) in [6.07, 6.45) is 4.42. The molecule has 0 amide bonds. The van der Waals surface area contributed by atoms with Gasteiger partial charge in [-0.25, -0.2) is 4.98 Å². The van der Waals surface area contributed by atoms with Crippen molar-refractivity contribution in [1.29, 1.82) is 5.26 Å². The number of hydrogen-bond acceptors (Lipinski definition) is 3. The molecule has 1 aliphatic heterocycles. The van der Waals surface area contributed by atoms with Crippen molar-refractivity contribution in [1.82, 2.24) is 9.88 Å². The second-order valence-electron chi connectivity index (χ2n) is 3.65. The first kappa shape index (κ1) is 9.17. The number of nitriles is 1. The molecule has 1 aliphatic rings. The van der Waals surface area contributed by atoms with E-state index < -0.39 is 0 Å². The van der Waals surface area contributed by atoms with Crippen LogP contribution in [0.4, 0.5) is 0 Å². The highest BCUT2D eigenvalue weighted by molar-refractivity contribution is 5.23. The first-order valence-corrected chi connectivity index (χ1v) is 4.96. The van der Waals surface area contributed by atoms with Crippen molar-refractivity contribution >= 4 is 0 Å². The zero-order valence-electron chi connectivity index (χ0n) is 8.11. The molecule has 2 heterocycles. The molecule has 0 atom stereocenters. The number of hydrogen-bond donors (Lipinski definition) is 0. The molecule has 0 unspecified atom stereocenters. The number of aromatic nitrogens is 1. The number of likely N-dealkylation sites (tertiary alicyclic amines) is 1. The maximum absolute atomic E-state index is 8.59. The van der Waals surface area contributed by atoms with Crippen molar-refractivity contribution in [2.75, 3.05) is 13.1 Å². The largest absolute Gasteiger partial charge is 0.299 e. The molecule has 1 aromatic heterocycles. The van der Waals surface area contributed by atoms with Gasteiger partial charge in [0.15, 0.2) is 0 Å². The predicted octanol–water partition coefficient (Wildman–Crippen LogP) is 1.55. The summed E-state index contributed by atoms with van der Waals surface area (Å²) in [5, 5.41) is 8.59. The van der Waals surface area contributed by atoms with Gasteiger partial charge in [-0.3, -0.25) is 4.90 Å². The molecular weight excluding hydrogens is 174 g/mol. The summed E-state index contributed by atoms with van der Waals surface area (Å²) in [6.45, 7) is 3.36. The minimum Gasteiger partial charge on any atom is -0.299 e. The van der Waals surface area contributed by atoms with Crippen LogP contribution in [0.3, 0.4) is 0 Å². The Morgan fingerprint density at radius 1 is 1.36 bits per heavy atom. The van der Waals surface area contributed by atoms with Crippen molar-refractivity contribution < 1.29 is 0 Å². The molecule has 2 rings (SSSR count). The molecule has 14 heavy (non-hydrogen) atoms. The molecule has 1 saturated heterocycles. The smallest absolute Gasteiger partial charge is 0.140 e. The van der Waals surface area contributed by atoms with E-state index >= 15 is 0 Å². The fraction of sp³-hybridized carbons (Fsp3) is 0.455. The maximum Gasteiger partial charge on any atom is 0.140 e. The Kier molecular flexibility index (Phi) is 2.76. The van der Waals surface area contributed by atoms with Crippen LogP contribution < -0.4 is 0 Å². The SMILES string of the molecule is N#Cc1ccc(CN2CCCC2)cn1. The first-order chi connectivity index (χ1) is 6.88. The topological polar surface area (TPSA) is 39.9 Å². The molecule has 1 fully saturated rings. The van der Waals surface area contributed by atoms with Crippen molar-refractivity contribution in [2.24, 2.45) is 0 Å². The van der Waals surface area contributed by atoms with Crippen molar-refractivity contribution in [3.05, 3.63) is 29.6 Å². The van der Waals surface area contributed by atoms with Crippen LogP contribution in [0, 0.1) is 11.3 Å². The van der Waals surface area contributed by atoms with Crippen LogP contribution >= 0.6 is 0 Å². The summed E-state index contributed by atoms with van der Waals surface area (Å²) in [5.41, 5.74) is 1.70. The van der Waals surface area contributed by atoms with Gasteiger partial charge in [0.05, 0.1) is 0 Å². The minimum absolute atomic E-state index is 0.496. The Balaban J connectivity index is 1.99. The lowest BCUT2D eigenvalue weighted by Crippen LogP contribution is -2.18. The summed E-state index contributed by atoms with van der Waals surface area (Å²) in [5.74, 6) is 0. The zero-order chi connectivity index (χ0) is 9.80. The molecule has 0 aromatic carbocycles. The van der Waals surface area contributed by atoms with Crippen molar-refractivity contribution in [3.8, 4) is 6.07 Å². The third-order valence-corrected chi connectivity index (χ3v) is 2.54. The number of pyridine rings is 1. The van der Waals surface area contributed by atoms with Crippen LogP contribution in [0.15, 0.2) is 18.3 Å². The van der Waals surface area contributed by atoms with E-state index in [-0.39, 0.29) is 0 Å². The Bertz CT molecular complexity index is 331. The van der Waals surface area contributed by atoms with E-state index in [0.29, 0.717) is 5.69 Å². The van der Waals surface area contributed by atoms with Gasteiger partial charge in [-0.1, -0.05) is 6.07 Å². The molecule has 0 aliphatic carbocycles. The van der Waals surface area contributed by atoms with E-state index in [1.54, 1.807) is 12.3 Å². The zero-order valence-corrected chi connectivity index (χ0v) is 8.11. The number of nitrogens with zero attached hydrogens (tertiary/aromatic N) is 3. The summed E-state index contributed by atoms with van der Waals surface area (Å²) in [7, 11) is 0. The Morgan fingerprint density at radius 2 is 2.14 bits per heavy atom. The summed E-state index contributed by atoms with van der Waals surface area (Å²) in [4.78, 5) is 6.47. The second kappa shape index (κ2) is 4.21. The summed E-state index contributed by atoms with van der Waals surface area (Å²) in [6, 6.07) is 5.80. The highest BCUT2D eigenvalue weighted by Gasteiger charge is 2.11. The Labute approximate surface area is 84.0 Å². The minimum atomic E-state index is 0.496. The molecule has 0 radical (unpaired) electrons. The molecule has 0 spiro atoms. The van der Waals surface area contributed by atoms with Crippen LogP contribution in [-0.4, -0.2) is 23.0 Å². The molecule has 0 saturated carbocycles. The Morgan fingerprint density at radius 3 is 2.71 bits per heavy atom. The van der Waals surface area contributed by atoms with E-state index in [2.05, 4.69) is 9.88 Å². The van der Waals surface area contributed by atoms with Crippen LogP contribution in [-0.2, 0) is 6.54 Å². The van der Waals surface area contributed by atoms with Gasteiger partial charge in [0.2, 0.25) is 0 Å². The van der Waals surface area contributed by atoms with Crippen molar-refractivity contribution in [3.63, 3.8) is 0 Å². The van der Waals surface area contributed by atoms with Crippen LogP contribution in [0.5, 0.6) is 0 Å². The monoisotopic (exact) mass is 187 g/mol. The van der Waals surface area contributed by atoms with Gasteiger partial charge in [-0.2, -0.15) is 5.26 Å². The van der Waals surface area contributed by atoms with Gasteiger partial charge >= 0.3 is 0 Å². The quantitative estimate of drug-likeness (QED) is 0.705. The standard InChI is InChI=1S/C11H13N3/c12-7-11-4-3-10(8-13-11)9-14-5-1-2-6-14/h3-4,8H,1-2,5-6,9H2. The second-order valence-corrected chi connectivity index (χ2v) is 3.65. The van der Waals surface area contributed by atoms with Crippen LogP contribution in [0.2, 0.25) is 0 Å². The molecule has 1 aromatic rings. The van der Waals surface area contributed by atoms with Gasteiger partial charge in [0.1, 0.15) is 11.8 Å². The average Bonchev–Trinajstić information content (AvgIpc) is 2.72. The lowest BCUT2D eigenvalue weighted by molar-refractivity contribution is 0.331. The normalized spacial score (nSPS) is 16.8. The number of rotatable bonds is 2. The van der Waals surface area contributed by atoms with E-state index in [9.17, 15) is 0 Å². The van der Waals surface area contributed by atoms with Gasteiger partial charge < -0.3 is 0 Å². The Hall–Kier alpha value is -1.40. The van der Waals surface area contributed by atoms with Gasteiger partial charge in [-0.15, -0.1) is 0 Å². The molecule has 3 heteroatoms.